The highest BCUT2D eigenvalue weighted by Gasteiger charge is 2.71. The lowest BCUT2D eigenvalue weighted by molar-refractivity contribution is -0.313. The molecule has 11 heteroatoms. The summed E-state index contributed by atoms with van der Waals surface area (Å²) in [6, 6.07) is 0. The van der Waals surface area contributed by atoms with Crippen LogP contribution < -0.4 is 0 Å². The summed E-state index contributed by atoms with van der Waals surface area (Å²) in [4.78, 5) is 36.6. The Kier molecular flexibility index (Phi) is 4.44. The van der Waals surface area contributed by atoms with E-state index in [9.17, 15) is 33.4 Å². The Balaban J connectivity index is 1.15. The summed E-state index contributed by atoms with van der Waals surface area (Å²) in [7, 11) is 0. The van der Waals surface area contributed by atoms with E-state index in [-0.39, 0.29) is 62.2 Å². The summed E-state index contributed by atoms with van der Waals surface area (Å²) in [5.74, 6) is -6.32. The van der Waals surface area contributed by atoms with Crippen molar-refractivity contribution in [3.8, 4) is 0 Å². The topological polar surface area (TPSA) is 129 Å². The van der Waals surface area contributed by atoms with E-state index in [0.29, 0.717) is 13.3 Å². The number of ether oxygens (including phenoxy) is 4. The number of carbonyl (C=O) groups excluding carboxylic acids is 3. The minimum atomic E-state index is -3.73. The summed E-state index contributed by atoms with van der Waals surface area (Å²) < 4.78 is 49.3. The number of hydrogen-bond acceptors (Lipinski definition) is 9. The van der Waals surface area contributed by atoms with Gasteiger partial charge in [0.05, 0.1) is 22.7 Å². The van der Waals surface area contributed by atoms with Crippen LogP contribution in [0, 0.1) is 17.8 Å². The van der Waals surface area contributed by atoms with Gasteiger partial charge in [0.2, 0.25) is 0 Å². The van der Waals surface area contributed by atoms with Crippen LogP contribution in [0.25, 0.3) is 0 Å². The van der Waals surface area contributed by atoms with Gasteiger partial charge in [0.1, 0.15) is 24.4 Å². The number of fused-ring (bicyclic) bond motifs is 1. The third kappa shape index (κ3) is 3.37. The maximum Gasteiger partial charge on any atom is 0.377 e. The number of alkyl halides is 2. The van der Waals surface area contributed by atoms with Gasteiger partial charge in [-0.25, -0.2) is 9.59 Å². The normalized spacial score (nSPS) is 49.9. The van der Waals surface area contributed by atoms with Crippen molar-refractivity contribution < 1.29 is 52.3 Å². The lowest BCUT2D eigenvalue weighted by atomic mass is 9.48. The first kappa shape index (κ1) is 22.6. The van der Waals surface area contributed by atoms with Gasteiger partial charge in [0.15, 0.2) is 0 Å². The van der Waals surface area contributed by atoms with Gasteiger partial charge in [-0.05, 0) is 12.8 Å². The van der Waals surface area contributed by atoms with Crippen LogP contribution >= 0.6 is 0 Å². The molecule has 0 radical (unpaired) electrons. The first-order valence-corrected chi connectivity index (χ1v) is 11.8. The lowest BCUT2D eigenvalue weighted by Crippen LogP contribution is -2.73. The average molecular weight is 486 g/mol. The third-order valence-electron chi connectivity index (χ3n) is 8.75. The van der Waals surface area contributed by atoms with E-state index < -0.39 is 59.1 Å². The molecule has 6 aliphatic carbocycles. The van der Waals surface area contributed by atoms with Crippen molar-refractivity contribution in [2.75, 3.05) is 6.61 Å². The zero-order valence-electron chi connectivity index (χ0n) is 18.8. The SMILES string of the molecule is CC(F)(F)C(=O)OC12CC3(O)CC(O)(CC(OCC(=O)OC4C5CC6C(=O)OC4C6C5)(C3)C1)C2. The fourth-order valence-corrected chi connectivity index (χ4v) is 8.36. The van der Waals surface area contributed by atoms with E-state index in [1.165, 1.54) is 0 Å². The Morgan fingerprint density at radius 2 is 1.71 bits per heavy atom. The highest BCUT2D eigenvalue weighted by molar-refractivity contribution is 5.78. The van der Waals surface area contributed by atoms with Crippen molar-refractivity contribution in [3.05, 3.63) is 0 Å². The molecule has 7 atom stereocenters. The fourth-order valence-electron chi connectivity index (χ4n) is 8.36. The molecule has 6 saturated carbocycles. The van der Waals surface area contributed by atoms with Crippen LogP contribution in [0.5, 0.6) is 0 Å². The molecule has 9 nitrogen and oxygen atoms in total. The molecule has 1 aliphatic heterocycles. The van der Waals surface area contributed by atoms with Gasteiger partial charge >= 0.3 is 23.8 Å². The van der Waals surface area contributed by atoms with E-state index in [2.05, 4.69) is 0 Å². The van der Waals surface area contributed by atoms with Crippen molar-refractivity contribution in [3.63, 3.8) is 0 Å². The van der Waals surface area contributed by atoms with Crippen molar-refractivity contribution in [2.45, 2.75) is 98.8 Å². The van der Waals surface area contributed by atoms with E-state index in [4.69, 9.17) is 18.9 Å². The monoisotopic (exact) mass is 486 g/mol. The smallest absolute Gasteiger partial charge is 0.377 e. The van der Waals surface area contributed by atoms with Gasteiger partial charge in [-0.3, -0.25) is 4.79 Å². The van der Waals surface area contributed by atoms with Gasteiger partial charge < -0.3 is 29.2 Å². The summed E-state index contributed by atoms with van der Waals surface area (Å²) >= 11 is 0. The molecule has 1 saturated heterocycles. The Hall–Kier alpha value is -1.85. The molecule has 7 unspecified atom stereocenters. The predicted octanol–water partition coefficient (Wildman–Crippen LogP) is 1.02. The highest BCUT2D eigenvalue weighted by Crippen LogP contribution is 2.63. The largest absolute Gasteiger partial charge is 0.458 e. The fraction of sp³-hybridized carbons (Fsp3) is 0.870. The first-order chi connectivity index (χ1) is 15.7. The second kappa shape index (κ2) is 6.67. The van der Waals surface area contributed by atoms with Crippen LogP contribution in [0.3, 0.4) is 0 Å². The Morgan fingerprint density at radius 3 is 2.35 bits per heavy atom. The van der Waals surface area contributed by atoms with E-state index >= 15 is 0 Å². The van der Waals surface area contributed by atoms with E-state index in [1.54, 1.807) is 0 Å². The maximum atomic E-state index is 13.6. The zero-order chi connectivity index (χ0) is 24.3. The number of halogens is 2. The highest BCUT2D eigenvalue weighted by atomic mass is 19.3. The molecule has 2 N–H and O–H groups in total. The van der Waals surface area contributed by atoms with E-state index in [1.807, 2.05) is 0 Å². The summed E-state index contributed by atoms with van der Waals surface area (Å²) in [5.41, 5.74) is -5.71. The van der Waals surface area contributed by atoms with Crippen LogP contribution in [0.2, 0.25) is 0 Å². The van der Waals surface area contributed by atoms with E-state index in [0.717, 1.165) is 6.42 Å². The third-order valence-corrected chi connectivity index (χ3v) is 8.75. The molecule has 6 bridgehead atoms. The summed E-state index contributed by atoms with van der Waals surface area (Å²) in [6.07, 6.45) is 0.441. The quantitative estimate of drug-likeness (QED) is 0.418. The predicted molar refractivity (Wildman–Crippen MR) is 105 cm³/mol. The molecule has 188 valence electrons. The van der Waals surface area contributed by atoms with Crippen molar-refractivity contribution in [2.24, 2.45) is 17.8 Å². The number of hydrogen-bond donors (Lipinski definition) is 2. The first-order valence-electron chi connectivity index (χ1n) is 11.8. The molecule has 7 fully saturated rings. The molecule has 0 aromatic rings. The minimum Gasteiger partial charge on any atom is -0.458 e. The molecule has 34 heavy (non-hydrogen) atoms. The Bertz CT molecular complexity index is 943. The Labute approximate surface area is 194 Å². The van der Waals surface area contributed by atoms with Crippen LogP contribution in [-0.4, -0.2) is 75.3 Å². The van der Waals surface area contributed by atoms with Gasteiger partial charge in [-0.15, -0.1) is 0 Å². The molecule has 7 rings (SSSR count). The van der Waals surface area contributed by atoms with Crippen molar-refractivity contribution in [1.29, 1.82) is 0 Å². The number of rotatable bonds is 6. The van der Waals surface area contributed by atoms with Gasteiger partial charge in [0.25, 0.3) is 0 Å². The Morgan fingerprint density at radius 1 is 1.06 bits per heavy atom. The van der Waals surface area contributed by atoms with Gasteiger partial charge in [-0.2, -0.15) is 8.78 Å². The molecule has 0 aromatic carbocycles. The second-order valence-electron chi connectivity index (χ2n) is 11.8. The molecule has 0 amide bonds. The maximum absolute atomic E-state index is 13.6. The summed E-state index contributed by atoms with van der Waals surface area (Å²) in [5, 5.41) is 22.2. The number of esters is 3. The standard InChI is InChI=1S/C23H28F2O9/c1-19(24,25)18(28)34-23-8-20(29)5-21(30,9-23)7-22(6-20,10-23)31-4-14(26)32-15-11-2-12-13(3-11)17(27)33-16(12)15/h11-13,15-16,29-30H,2-10H2,1H3. The van der Waals surface area contributed by atoms with Gasteiger partial charge in [0, 0.05) is 57.3 Å². The molecule has 7 aliphatic rings. The van der Waals surface area contributed by atoms with Crippen LogP contribution in [0.1, 0.15) is 58.3 Å². The molecule has 0 spiro atoms. The van der Waals surface area contributed by atoms with Crippen molar-refractivity contribution >= 4 is 17.9 Å². The average Bonchev–Trinajstić information content (AvgIpc) is 3.28. The second-order valence-corrected chi connectivity index (χ2v) is 11.8. The molecular formula is C23H28F2O9. The minimum absolute atomic E-state index is 0.0106. The molecule has 1 heterocycles. The summed E-state index contributed by atoms with van der Waals surface area (Å²) in [6.45, 7) is -0.0564. The lowest BCUT2D eigenvalue weighted by Gasteiger charge is -2.66. The number of aliphatic hydroxyl groups is 2. The number of carbonyl (C=O) groups is 3. The van der Waals surface area contributed by atoms with Gasteiger partial charge in [-0.1, -0.05) is 0 Å². The molecular weight excluding hydrogens is 458 g/mol. The van der Waals surface area contributed by atoms with Crippen molar-refractivity contribution in [1.82, 2.24) is 0 Å². The van der Waals surface area contributed by atoms with Crippen LogP contribution in [-0.2, 0) is 33.3 Å². The van der Waals surface area contributed by atoms with Crippen LogP contribution in [0.4, 0.5) is 8.78 Å². The molecule has 0 aromatic heterocycles. The van der Waals surface area contributed by atoms with Crippen LogP contribution in [0.15, 0.2) is 0 Å². The zero-order valence-corrected chi connectivity index (χ0v) is 18.8.